The van der Waals surface area contributed by atoms with Crippen LogP contribution in [0.2, 0.25) is 0 Å². The van der Waals surface area contributed by atoms with Crippen molar-refractivity contribution in [2.24, 2.45) is 0 Å². The van der Waals surface area contributed by atoms with Crippen LogP contribution in [0.1, 0.15) is 24.1 Å². The third kappa shape index (κ3) is 3.49. The van der Waals surface area contributed by atoms with Gasteiger partial charge in [0.1, 0.15) is 6.61 Å². The molecule has 102 valence electrons. The molecule has 0 aliphatic rings. The minimum atomic E-state index is 0.292. The van der Waals surface area contributed by atoms with E-state index in [0.29, 0.717) is 12.6 Å². The van der Waals surface area contributed by atoms with Crippen LogP contribution >= 0.6 is 11.3 Å². The molecule has 0 aliphatic carbocycles. The van der Waals surface area contributed by atoms with E-state index in [2.05, 4.69) is 29.8 Å². The highest BCUT2D eigenvalue weighted by atomic mass is 32.1. The van der Waals surface area contributed by atoms with Crippen LogP contribution in [-0.4, -0.2) is 14.2 Å². The quantitative estimate of drug-likeness (QED) is 0.875. The number of hydrogen-bond acceptors (Lipinski definition) is 4. The highest BCUT2D eigenvalue weighted by Gasteiger charge is 2.09. The van der Waals surface area contributed by atoms with Gasteiger partial charge in [-0.15, -0.1) is 0 Å². The second-order valence-corrected chi connectivity index (χ2v) is 5.12. The summed E-state index contributed by atoms with van der Waals surface area (Å²) in [7, 11) is 3.61. The first-order valence-electron chi connectivity index (χ1n) is 6.23. The maximum absolute atomic E-state index is 5.80. The molecule has 2 aromatic rings. The molecular formula is C15H19NO2S. The Balaban J connectivity index is 2.11. The average Bonchev–Trinajstić information content (AvgIpc) is 2.97. The molecule has 1 aromatic carbocycles. The molecular weight excluding hydrogens is 258 g/mol. The first-order chi connectivity index (χ1) is 9.24. The summed E-state index contributed by atoms with van der Waals surface area (Å²) >= 11 is 1.67. The van der Waals surface area contributed by atoms with Gasteiger partial charge in [-0.1, -0.05) is 6.07 Å². The Morgan fingerprint density at radius 3 is 2.74 bits per heavy atom. The van der Waals surface area contributed by atoms with Gasteiger partial charge in [-0.2, -0.15) is 11.3 Å². The number of ether oxygens (including phenoxy) is 2. The maximum atomic E-state index is 5.80. The van der Waals surface area contributed by atoms with Crippen LogP contribution in [0, 0.1) is 0 Å². The van der Waals surface area contributed by atoms with E-state index in [9.17, 15) is 0 Å². The summed E-state index contributed by atoms with van der Waals surface area (Å²) in [4.78, 5) is 0. The second kappa shape index (κ2) is 6.59. The maximum Gasteiger partial charge on any atom is 0.161 e. The molecule has 1 unspecified atom stereocenters. The fourth-order valence-electron chi connectivity index (χ4n) is 1.78. The lowest BCUT2D eigenvalue weighted by atomic mass is 10.1. The summed E-state index contributed by atoms with van der Waals surface area (Å²) in [6.45, 7) is 2.68. The average molecular weight is 277 g/mol. The van der Waals surface area contributed by atoms with Crippen molar-refractivity contribution in [2.45, 2.75) is 19.6 Å². The van der Waals surface area contributed by atoms with E-state index < -0.39 is 0 Å². The Kier molecular flexibility index (Phi) is 4.82. The number of methoxy groups -OCH3 is 1. The fraction of sp³-hybridized carbons (Fsp3) is 0.333. The van der Waals surface area contributed by atoms with Gasteiger partial charge in [-0.3, -0.25) is 0 Å². The largest absolute Gasteiger partial charge is 0.493 e. The van der Waals surface area contributed by atoms with Crippen molar-refractivity contribution in [1.29, 1.82) is 0 Å². The molecule has 0 amide bonds. The van der Waals surface area contributed by atoms with E-state index >= 15 is 0 Å². The van der Waals surface area contributed by atoms with Crippen molar-refractivity contribution in [2.75, 3.05) is 14.2 Å². The molecule has 2 rings (SSSR count). The van der Waals surface area contributed by atoms with Crippen LogP contribution in [-0.2, 0) is 6.61 Å². The summed E-state index contributed by atoms with van der Waals surface area (Å²) in [5.74, 6) is 1.55. The summed E-state index contributed by atoms with van der Waals surface area (Å²) in [5.41, 5.74) is 2.36. The Morgan fingerprint density at radius 2 is 2.11 bits per heavy atom. The lowest BCUT2D eigenvalue weighted by Crippen LogP contribution is -2.12. The molecule has 0 fully saturated rings. The van der Waals surface area contributed by atoms with Crippen LogP contribution in [0.4, 0.5) is 0 Å². The summed E-state index contributed by atoms with van der Waals surface area (Å²) in [6, 6.07) is 8.40. The molecule has 0 saturated carbocycles. The van der Waals surface area contributed by atoms with Gasteiger partial charge in [0.2, 0.25) is 0 Å². The van der Waals surface area contributed by atoms with E-state index in [1.807, 2.05) is 24.6 Å². The van der Waals surface area contributed by atoms with Gasteiger partial charge in [0, 0.05) is 6.04 Å². The lowest BCUT2D eigenvalue weighted by Gasteiger charge is -2.15. The molecule has 1 aromatic heterocycles. The molecule has 0 aliphatic heterocycles. The highest BCUT2D eigenvalue weighted by Crippen LogP contribution is 2.30. The van der Waals surface area contributed by atoms with Crippen molar-refractivity contribution >= 4 is 11.3 Å². The molecule has 1 heterocycles. The monoisotopic (exact) mass is 277 g/mol. The van der Waals surface area contributed by atoms with Crippen molar-refractivity contribution in [1.82, 2.24) is 5.32 Å². The van der Waals surface area contributed by atoms with Crippen molar-refractivity contribution in [3.05, 3.63) is 46.2 Å². The van der Waals surface area contributed by atoms with Gasteiger partial charge in [-0.25, -0.2) is 0 Å². The second-order valence-electron chi connectivity index (χ2n) is 4.34. The summed E-state index contributed by atoms with van der Waals surface area (Å²) in [6.07, 6.45) is 0. The zero-order valence-corrected chi connectivity index (χ0v) is 12.3. The zero-order valence-electron chi connectivity index (χ0n) is 11.5. The fourth-order valence-corrected chi connectivity index (χ4v) is 2.43. The van der Waals surface area contributed by atoms with E-state index in [1.165, 1.54) is 11.1 Å². The van der Waals surface area contributed by atoms with Gasteiger partial charge < -0.3 is 14.8 Å². The lowest BCUT2D eigenvalue weighted by molar-refractivity contribution is 0.284. The molecule has 19 heavy (non-hydrogen) atoms. The Bertz CT molecular complexity index is 511. The van der Waals surface area contributed by atoms with Crippen molar-refractivity contribution in [3.63, 3.8) is 0 Å². The molecule has 0 bridgehead atoms. The van der Waals surface area contributed by atoms with Gasteiger partial charge in [0.25, 0.3) is 0 Å². The number of nitrogens with one attached hydrogen (secondary N) is 1. The van der Waals surface area contributed by atoms with Gasteiger partial charge in [0.15, 0.2) is 11.5 Å². The minimum absolute atomic E-state index is 0.292. The smallest absolute Gasteiger partial charge is 0.161 e. The molecule has 0 spiro atoms. The molecule has 0 radical (unpaired) electrons. The Hall–Kier alpha value is -1.52. The third-order valence-corrected chi connectivity index (χ3v) is 3.83. The van der Waals surface area contributed by atoms with Crippen LogP contribution in [0.5, 0.6) is 11.5 Å². The van der Waals surface area contributed by atoms with Gasteiger partial charge in [0.05, 0.1) is 7.11 Å². The molecule has 3 nitrogen and oxygen atoms in total. The van der Waals surface area contributed by atoms with Crippen LogP contribution < -0.4 is 14.8 Å². The van der Waals surface area contributed by atoms with E-state index in [0.717, 1.165) is 11.5 Å². The van der Waals surface area contributed by atoms with Crippen LogP contribution in [0.25, 0.3) is 0 Å². The molecule has 0 saturated heterocycles. The first kappa shape index (κ1) is 13.9. The van der Waals surface area contributed by atoms with Crippen LogP contribution in [0.3, 0.4) is 0 Å². The molecule has 1 N–H and O–H groups in total. The number of benzene rings is 1. The highest BCUT2D eigenvalue weighted by molar-refractivity contribution is 7.07. The van der Waals surface area contributed by atoms with E-state index in [-0.39, 0.29) is 0 Å². The first-order valence-corrected chi connectivity index (χ1v) is 7.18. The summed E-state index contributed by atoms with van der Waals surface area (Å²) in [5, 5.41) is 7.35. The minimum Gasteiger partial charge on any atom is -0.493 e. The molecule has 4 heteroatoms. The SMILES string of the molecule is CNC(C)c1ccc(OCc2ccsc2)c(OC)c1. The Morgan fingerprint density at radius 1 is 1.26 bits per heavy atom. The zero-order chi connectivity index (χ0) is 13.7. The number of thiophene rings is 1. The predicted molar refractivity (Wildman–Crippen MR) is 79.1 cm³/mol. The predicted octanol–water partition coefficient (Wildman–Crippen LogP) is 3.62. The summed E-state index contributed by atoms with van der Waals surface area (Å²) < 4.78 is 11.2. The number of rotatable bonds is 6. The van der Waals surface area contributed by atoms with E-state index in [4.69, 9.17) is 9.47 Å². The van der Waals surface area contributed by atoms with E-state index in [1.54, 1.807) is 18.4 Å². The third-order valence-electron chi connectivity index (χ3n) is 3.10. The van der Waals surface area contributed by atoms with Crippen LogP contribution in [0.15, 0.2) is 35.0 Å². The Labute approximate surface area is 118 Å². The standard InChI is InChI=1S/C15H19NO2S/c1-11(16-2)13-4-5-14(15(8-13)17-3)18-9-12-6-7-19-10-12/h4-8,10-11,16H,9H2,1-3H3. The molecule has 1 atom stereocenters. The normalized spacial score (nSPS) is 12.2. The topological polar surface area (TPSA) is 30.5 Å². The number of hydrogen-bond donors (Lipinski definition) is 1. The van der Waals surface area contributed by atoms with Crippen molar-refractivity contribution < 1.29 is 9.47 Å². The van der Waals surface area contributed by atoms with Gasteiger partial charge >= 0.3 is 0 Å². The van der Waals surface area contributed by atoms with Crippen molar-refractivity contribution in [3.8, 4) is 11.5 Å². The van der Waals surface area contributed by atoms with Gasteiger partial charge in [-0.05, 0) is 54.1 Å².